The van der Waals surface area contributed by atoms with Crippen molar-refractivity contribution in [1.29, 1.82) is 0 Å². The third-order valence-corrected chi connectivity index (χ3v) is 4.48. The van der Waals surface area contributed by atoms with Crippen molar-refractivity contribution in [3.63, 3.8) is 0 Å². The third-order valence-electron chi connectivity index (χ3n) is 3.22. The number of esters is 1. The Labute approximate surface area is 123 Å². The van der Waals surface area contributed by atoms with E-state index in [2.05, 4.69) is 22.4 Å². The van der Waals surface area contributed by atoms with Crippen molar-refractivity contribution in [2.24, 2.45) is 0 Å². The highest BCUT2D eigenvalue weighted by atomic mass is 32.2. The molecule has 2 aromatic rings. The molecule has 0 bridgehead atoms. The average molecular weight is 292 g/mol. The Morgan fingerprint density at radius 3 is 2.85 bits per heavy atom. The second kappa shape index (κ2) is 6.33. The van der Waals surface area contributed by atoms with Crippen molar-refractivity contribution in [3.8, 4) is 0 Å². The van der Waals surface area contributed by atoms with Gasteiger partial charge in [0.15, 0.2) is 0 Å². The van der Waals surface area contributed by atoms with Gasteiger partial charge in [-0.25, -0.2) is 0 Å². The number of ether oxygens (including phenoxy) is 1. The number of methoxy groups -OCH3 is 1. The number of thioether (sulfide) groups is 1. The fourth-order valence-electron chi connectivity index (χ4n) is 2.14. The average Bonchev–Trinajstić information content (AvgIpc) is 2.87. The fraction of sp³-hybridized carbons (Fsp3) is 0.400. The van der Waals surface area contributed by atoms with E-state index in [1.165, 1.54) is 12.5 Å². The Morgan fingerprint density at radius 2 is 2.20 bits per heavy atom. The van der Waals surface area contributed by atoms with Crippen LogP contribution in [0.3, 0.4) is 0 Å². The highest BCUT2D eigenvalue weighted by Gasteiger charge is 2.33. The predicted molar refractivity (Wildman–Crippen MR) is 83.1 cm³/mol. The van der Waals surface area contributed by atoms with E-state index in [4.69, 9.17) is 4.74 Å². The summed E-state index contributed by atoms with van der Waals surface area (Å²) in [6.07, 6.45) is 0. The van der Waals surface area contributed by atoms with Crippen LogP contribution in [-0.4, -0.2) is 35.9 Å². The molecule has 1 heterocycles. The van der Waals surface area contributed by atoms with Crippen LogP contribution in [0.4, 0.5) is 0 Å². The molecule has 0 radical (unpaired) electrons. The van der Waals surface area contributed by atoms with Crippen molar-refractivity contribution in [1.82, 2.24) is 10.3 Å². The first-order valence-corrected chi connectivity index (χ1v) is 7.61. The van der Waals surface area contributed by atoms with Crippen molar-refractivity contribution in [2.75, 3.05) is 19.4 Å². The van der Waals surface area contributed by atoms with Crippen LogP contribution in [0.5, 0.6) is 0 Å². The second-order valence-corrected chi connectivity index (χ2v) is 5.88. The number of para-hydroxylation sites is 1. The summed E-state index contributed by atoms with van der Waals surface area (Å²) in [5, 5.41) is 5.44. The molecule has 0 aliphatic heterocycles. The molecule has 1 atom stereocenters. The molecule has 108 valence electrons. The van der Waals surface area contributed by atoms with Crippen LogP contribution in [0, 0.1) is 0 Å². The lowest BCUT2D eigenvalue weighted by molar-refractivity contribution is -0.146. The monoisotopic (exact) mass is 292 g/mol. The zero-order valence-corrected chi connectivity index (χ0v) is 12.8. The Kier molecular flexibility index (Phi) is 4.73. The first-order chi connectivity index (χ1) is 9.59. The van der Waals surface area contributed by atoms with E-state index < -0.39 is 5.54 Å². The van der Waals surface area contributed by atoms with Gasteiger partial charge in [-0.1, -0.05) is 25.1 Å². The summed E-state index contributed by atoms with van der Waals surface area (Å²) in [7, 11) is 1.42. The van der Waals surface area contributed by atoms with E-state index >= 15 is 0 Å². The van der Waals surface area contributed by atoms with Gasteiger partial charge in [0.2, 0.25) is 0 Å². The molecule has 1 unspecified atom stereocenters. The van der Waals surface area contributed by atoms with Crippen LogP contribution < -0.4 is 5.32 Å². The first kappa shape index (κ1) is 14.9. The number of benzene rings is 1. The lowest BCUT2D eigenvalue weighted by Crippen LogP contribution is -2.52. The Balaban J connectivity index is 2.10. The highest BCUT2D eigenvalue weighted by Crippen LogP contribution is 2.26. The third kappa shape index (κ3) is 3.16. The number of hydrogen-bond acceptors (Lipinski definition) is 4. The molecule has 0 saturated carbocycles. The topological polar surface area (TPSA) is 54.1 Å². The summed E-state index contributed by atoms with van der Waals surface area (Å²) in [4.78, 5) is 15.3. The molecule has 2 rings (SSSR count). The van der Waals surface area contributed by atoms with Gasteiger partial charge in [0, 0.05) is 16.7 Å². The zero-order valence-electron chi connectivity index (χ0n) is 12.0. The predicted octanol–water partition coefficient (Wildman–Crippen LogP) is 2.80. The molecule has 1 aromatic heterocycles. The molecule has 5 heteroatoms. The van der Waals surface area contributed by atoms with Gasteiger partial charge in [0.1, 0.15) is 5.54 Å². The Bertz CT molecular complexity index is 563. The molecule has 2 N–H and O–H groups in total. The molecule has 0 spiro atoms. The van der Waals surface area contributed by atoms with E-state index in [0.717, 1.165) is 17.1 Å². The van der Waals surface area contributed by atoms with Gasteiger partial charge in [-0.3, -0.25) is 4.79 Å². The van der Waals surface area contributed by atoms with Crippen molar-refractivity contribution < 1.29 is 9.53 Å². The van der Waals surface area contributed by atoms with Gasteiger partial charge in [-0.05, 0) is 25.6 Å². The number of carbonyl (C=O) groups excluding carboxylic acids is 1. The molecule has 20 heavy (non-hydrogen) atoms. The minimum absolute atomic E-state index is 0.233. The number of rotatable bonds is 6. The van der Waals surface area contributed by atoms with Gasteiger partial charge >= 0.3 is 5.97 Å². The highest BCUT2D eigenvalue weighted by molar-refractivity contribution is 7.99. The van der Waals surface area contributed by atoms with Gasteiger partial charge in [0.25, 0.3) is 0 Å². The number of fused-ring (bicyclic) bond motifs is 1. The second-order valence-electron chi connectivity index (χ2n) is 4.86. The number of hydrogen-bond donors (Lipinski definition) is 2. The van der Waals surface area contributed by atoms with Gasteiger partial charge < -0.3 is 15.0 Å². The van der Waals surface area contributed by atoms with Crippen molar-refractivity contribution in [2.45, 2.75) is 24.4 Å². The quantitative estimate of drug-likeness (QED) is 0.635. The van der Waals surface area contributed by atoms with Gasteiger partial charge in [-0.2, -0.15) is 0 Å². The Morgan fingerprint density at radius 1 is 1.45 bits per heavy atom. The molecular formula is C15H20N2O2S. The molecular weight excluding hydrogens is 272 g/mol. The number of likely N-dealkylation sites (N-methyl/N-ethyl adjacent to an activating group) is 1. The summed E-state index contributed by atoms with van der Waals surface area (Å²) >= 11 is 1.62. The number of nitrogens with one attached hydrogen (secondary N) is 2. The largest absolute Gasteiger partial charge is 0.468 e. The number of aromatic nitrogens is 1. The maximum atomic E-state index is 11.9. The summed E-state index contributed by atoms with van der Waals surface area (Å²) in [6.45, 7) is 4.58. The minimum atomic E-state index is -0.675. The summed E-state index contributed by atoms with van der Waals surface area (Å²) in [6, 6.07) is 10.2. The number of H-pyrrole nitrogens is 1. The lowest BCUT2D eigenvalue weighted by Gasteiger charge is -2.26. The summed E-state index contributed by atoms with van der Waals surface area (Å²) in [5.74, 6) is 0.378. The maximum Gasteiger partial charge on any atom is 0.326 e. The number of aromatic amines is 1. The standard InChI is InChI=1S/C15H20N2O2S/c1-4-16-15(2,14(18)19-3)10-20-13-9-11-7-5-6-8-12(11)17-13/h5-9,16-17H,4,10H2,1-3H3. The van der Waals surface area contributed by atoms with Crippen LogP contribution in [0.15, 0.2) is 35.4 Å². The zero-order chi connectivity index (χ0) is 14.6. The summed E-state index contributed by atoms with van der Waals surface area (Å²) in [5.41, 5.74) is 0.434. The van der Waals surface area contributed by atoms with Crippen LogP contribution in [-0.2, 0) is 9.53 Å². The molecule has 0 aliphatic carbocycles. The van der Waals surface area contributed by atoms with Crippen LogP contribution >= 0.6 is 11.8 Å². The van der Waals surface area contributed by atoms with E-state index in [9.17, 15) is 4.79 Å². The summed E-state index contributed by atoms with van der Waals surface area (Å²) < 4.78 is 4.89. The fourth-order valence-corrected chi connectivity index (χ4v) is 3.20. The molecule has 0 fully saturated rings. The SMILES string of the molecule is CCNC(C)(CSc1cc2ccccc2[nH]1)C(=O)OC. The minimum Gasteiger partial charge on any atom is -0.468 e. The lowest BCUT2D eigenvalue weighted by atomic mass is 10.1. The molecule has 0 amide bonds. The molecule has 1 aromatic carbocycles. The van der Waals surface area contributed by atoms with Crippen LogP contribution in [0.1, 0.15) is 13.8 Å². The first-order valence-electron chi connectivity index (χ1n) is 6.63. The maximum absolute atomic E-state index is 11.9. The smallest absolute Gasteiger partial charge is 0.326 e. The molecule has 4 nitrogen and oxygen atoms in total. The normalized spacial score (nSPS) is 14.2. The van der Waals surface area contributed by atoms with Crippen molar-refractivity contribution in [3.05, 3.63) is 30.3 Å². The van der Waals surface area contributed by atoms with Gasteiger partial charge in [-0.15, -0.1) is 11.8 Å². The van der Waals surface area contributed by atoms with E-state index in [1.54, 1.807) is 11.8 Å². The van der Waals surface area contributed by atoms with Crippen LogP contribution in [0.25, 0.3) is 10.9 Å². The Hall–Kier alpha value is -1.46. The van der Waals surface area contributed by atoms with Gasteiger partial charge in [0.05, 0.1) is 12.1 Å². The van der Waals surface area contributed by atoms with Crippen molar-refractivity contribution >= 4 is 28.6 Å². The van der Waals surface area contributed by atoms with Crippen LogP contribution in [0.2, 0.25) is 0 Å². The number of carbonyl (C=O) groups is 1. The van der Waals surface area contributed by atoms with E-state index in [-0.39, 0.29) is 5.97 Å². The van der Waals surface area contributed by atoms with E-state index in [0.29, 0.717) is 5.75 Å². The van der Waals surface area contributed by atoms with E-state index in [1.807, 2.05) is 32.0 Å². The molecule has 0 aliphatic rings. The molecule has 0 saturated heterocycles.